The number of nitrogens with one attached hydrogen (secondary N) is 2. The van der Waals surface area contributed by atoms with Crippen molar-refractivity contribution in [2.75, 3.05) is 30.3 Å². The van der Waals surface area contributed by atoms with Crippen LogP contribution in [0, 0.1) is 0 Å². The maximum absolute atomic E-state index is 5.57. The zero-order valence-electron chi connectivity index (χ0n) is 12.8. The molecule has 23 heavy (non-hydrogen) atoms. The second kappa shape index (κ2) is 8.52. The average Bonchev–Trinajstić information content (AvgIpc) is 2.97. The molecule has 0 unspecified atom stereocenters. The lowest BCUT2D eigenvalue weighted by Gasteiger charge is -2.31. The molecule has 1 aliphatic heterocycles. The predicted molar refractivity (Wildman–Crippen MR) is 99.1 cm³/mol. The fraction of sp³-hybridized carbons (Fsp3) is 0.467. The molecular formula is C15H22BrClN6. The Morgan fingerprint density at radius 1 is 1.26 bits per heavy atom. The molecule has 0 bridgehead atoms. The molecule has 0 spiro atoms. The monoisotopic (exact) mass is 400 g/mol. The van der Waals surface area contributed by atoms with Crippen molar-refractivity contribution in [3.63, 3.8) is 0 Å². The first-order valence-corrected chi connectivity index (χ1v) is 8.40. The molecule has 4 N–H and O–H groups in total. The summed E-state index contributed by atoms with van der Waals surface area (Å²) in [7, 11) is 0. The number of hydrogen-bond acceptors (Lipinski definition) is 5. The predicted octanol–water partition coefficient (Wildman–Crippen LogP) is 2.37. The summed E-state index contributed by atoms with van der Waals surface area (Å²) in [5.74, 6) is 1.09. The molecule has 3 rings (SSSR count). The number of aromatic nitrogens is 3. The number of nitrogen functional groups attached to an aromatic ring is 1. The zero-order valence-corrected chi connectivity index (χ0v) is 15.2. The first-order chi connectivity index (χ1) is 10.7. The number of aromatic amines is 1. The number of benzene rings is 1. The van der Waals surface area contributed by atoms with Crippen molar-refractivity contribution in [3.05, 3.63) is 34.3 Å². The van der Waals surface area contributed by atoms with Crippen molar-refractivity contribution in [1.82, 2.24) is 20.5 Å². The highest BCUT2D eigenvalue weighted by Gasteiger charge is 2.21. The molecule has 1 aromatic heterocycles. The van der Waals surface area contributed by atoms with Gasteiger partial charge in [-0.05, 0) is 43.5 Å². The molecule has 0 amide bonds. The van der Waals surface area contributed by atoms with Gasteiger partial charge in [-0.3, -0.25) is 0 Å². The van der Waals surface area contributed by atoms with Crippen LogP contribution in [0.25, 0.3) is 0 Å². The fourth-order valence-corrected chi connectivity index (χ4v) is 3.03. The molecule has 126 valence electrons. The van der Waals surface area contributed by atoms with Crippen LogP contribution in [-0.4, -0.2) is 40.9 Å². The summed E-state index contributed by atoms with van der Waals surface area (Å²) < 4.78 is 1.13. The van der Waals surface area contributed by atoms with Crippen molar-refractivity contribution >= 4 is 40.2 Å². The van der Waals surface area contributed by atoms with Crippen LogP contribution in [0.3, 0.4) is 0 Å². The number of hydrogen-bond donors (Lipinski definition) is 3. The van der Waals surface area contributed by atoms with E-state index in [0.717, 1.165) is 43.4 Å². The lowest BCUT2D eigenvalue weighted by molar-refractivity contribution is 0.415. The summed E-state index contributed by atoms with van der Waals surface area (Å²) in [6.45, 7) is 2.94. The van der Waals surface area contributed by atoms with Crippen LogP contribution in [0.4, 0.5) is 11.9 Å². The second-order valence-corrected chi connectivity index (χ2v) is 6.53. The highest BCUT2D eigenvalue weighted by Crippen LogP contribution is 2.16. The lowest BCUT2D eigenvalue weighted by Crippen LogP contribution is -2.43. The third kappa shape index (κ3) is 5.09. The minimum absolute atomic E-state index is 0. The van der Waals surface area contributed by atoms with Crippen molar-refractivity contribution < 1.29 is 0 Å². The van der Waals surface area contributed by atoms with Crippen LogP contribution in [-0.2, 0) is 6.42 Å². The van der Waals surface area contributed by atoms with Gasteiger partial charge in [0.2, 0.25) is 11.9 Å². The maximum Gasteiger partial charge on any atom is 0.246 e. The van der Waals surface area contributed by atoms with Gasteiger partial charge in [0.1, 0.15) is 0 Å². The van der Waals surface area contributed by atoms with E-state index < -0.39 is 0 Å². The lowest BCUT2D eigenvalue weighted by atomic mass is 10.0. The van der Waals surface area contributed by atoms with Crippen LogP contribution < -0.4 is 16.0 Å². The zero-order chi connectivity index (χ0) is 15.4. The Balaban J connectivity index is 0.00000192. The summed E-state index contributed by atoms with van der Waals surface area (Å²) in [6, 6.07) is 9.10. The molecular weight excluding hydrogens is 380 g/mol. The van der Waals surface area contributed by atoms with Crippen molar-refractivity contribution in [3.8, 4) is 0 Å². The van der Waals surface area contributed by atoms with E-state index in [9.17, 15) is 0 Å². The first-order valence-electron chi connectivity index (χ1n) is 7.61. The molecule has 6 nitrogen and oxygen atoms in total. The van der Waals surface area contributed by atoms with Gasteiger partial charge in [0, 0.05) is 23.6 Å². The highest BCUT2D eigenvalue weighted by atomic mass is 79.9. The van der Waals surface area contributed by atoms with E-state index in [1.165, 1.54) is 5.56 Å². The summed E-state index contributed by atoms with van der Waals surface area (Å²) >= 11 is 3.46. The van der Waals surface area contributed by atoms with Gasteiger partial charge in [-0.2, -0.15) is 4.98 Å². The Kier molecular flexibility index (Phi) is 6.68. The molecule has 0 aliphatic carbocycles. The van der Waals surface area contributed by atoms with Crippen molar-refractivity contribution in [2.24, 2.45) is 0 Å². The van der Waals surface area contributed by atoms with E-state index >= 15 is 0 Å². The van der Waals surface area contributed by atoms with E-state index in [2.05, 4.69) is 65.6 Å². The number of halogens is 2. The van der Waals surface area contributed by atoms with Crippen molar-refractivity contribution in [1.29, 1.82) is 0 Å². The van der Waals surface area contributed by atoms with Gasteiger partial charge in [-0.1, -0.05) is 28.1 Å². The summed E-state index contributed by atoms with van der Waals surface area (Å²) in [4.78, 5) is 6.36. The Hall–Kier alpha value is -1.31. The molecule has 0 saturated carbocycles. The molecule has 2 aromatic rings. The third-order valence-electron chi connectivity index (χ3n) is 4.03. The van der Waals surface area contributed by atoms with Gasteiger partial charge in [0.15, 0.2) is 0 Å². The smallest absolute Gasteiger partial charge is 0.246 e. The van der Waals surface area contributed by atoms with Crippen LogP contribution in [0.2, 0.25) is 0 Å². The van der Waals surface area contributed by atoms with Gasteiger partial charge in [-0.15, -0.1) is 17.5 Å². The fourth-order valence-electron chi connectivity index (χ4n) is 2.76. The molecule has 1 aromatic carbocycles. The van der Waals surface area contributed by atoms with E-state index in [-0.39, 0.29) is 12.4 Å². The Labute approximate surface area is 150 Å². The molecule has 0 radical (unpaired) electrons. The van der Waals surface area contributed by atoms with Crippen LogP contribution in [0.5, 0.6) is 0 Å². The number of anilines is 2. The Morgan fingerprint density at radius 2 is 1.96 bits per heavy atom. The maximum atomic E-state index is 5.57. The van der Waals surface area contributed by atoms with E-state index in [0.29, 0.717) is 17.9 Å². The summed E-state index contributed by atoms with van der Waals surface area (Å²) in [5.41, 5.74) is 6.94. The quantitative estimate of drug-likeness (QED) is 0.716. The normalized spacial score (nSPS) is 15.4. The minimum Gasteiger partial charge on any atom is -0.368 e. The molecule has 1 saturated heterocycles. The SMILES string of the molecule is Cl.Nc1nc(N2CCC(NCCc3ccc(Br)cc3)CC2)n[nH]1. The number of nitrogens with zero attached hydrogens (tertiary/aromatic N) is 3. The number of nitrogens with two attached hydrogens (primary N) is 1. The van der Waals surface area contributed by atoms with E-state index in [4.69, 9.17) is 5.73 Å². The summed E-state index contributed by atoms with van der Waals surface area (Å²) in [6.07, 6.45) is 3.27. The Bertz CT molecular complexity index is 594. The largest absolute Gasteiger partial charge is 0.368 e. The minimum atomic E-state index is 0. The molecule has 1 fully saturated rings. The van der Waals surface area contributed by atoms with Gasteiger partial charge in [0.05, 0.1) is 0 Å². The number of piperidine rings is 1. The molecule has 8 heteroatoms. The average molecular weight is 402 g/mol. The topological polar surface area (TPSA) is 82.9 Å². The third-order valence-corrected chi connectivity index (χ3v) is 4.56. The van der Waals surface area contributed by atoms with Gasteiger partial charge >= 0.3 is 0 Å². The van der Waals surface area contributed by atoms with Crippen LogP contribution in [0.15, 0.2) is 28.7 Å². The summed E-state index contributed by atoms with van der Waals surface area (Å²) in [5, 5.41) is 10.5. The molecule has 2 heterocycles. The van der Waals surface area contributed by atoms with Gasteiger partial charge < -0.3 is 16.0 Å². The van der Waals surface area contributed by atoms with Crippen molar-refractivity contribution in [2.45, 2.75) is 25.3 Å². The standard InChI is InChI=1S/C15H21BrN6.ClH/c16-12-3-1-11(2-4-12)5-8-18-13-6-9-22(10-7-13)15-19-14(17)20-21-15;/h1-4,13,18H,5-10H2,(H3,17,19,20,21);1H. The van der Waals surface area contributed by atoms with Crippen LogP contribution in [0.1, 0.15) is 18.4 Å². The first kappa shape index (κ1) is 18.0. The van der Waals surface area contributed by atoms with Gasteiger partial charge in [0.25, 0.3) is 0 Å². The van der Waals surface area contributed by atoms with E-state index in [1.807, 2.05) is 0 Å². The second-order valence-electron chi connectivity index (χ2n) is 5.61. The van der Waals surface area contributed by atoms with E-state index in [1.54, 1.807) is 0 Å². The van der Waals surface area contributed by atoms with Gasteiger partial charge in [-0.25, -0.2) is 5.10 Å². The molecule has 0 atom stereocenters. The number of H-pyrrole nitrogens is 1. The number of rotatable bonds is 5. The highest BCUT2D eigenvalue weighted by molar-refractivity contribution is 9.10. The Morgan fingerprint density at radius 3 is 2.57 bits per heavy atom. The van der Waals surface area contributed by atoms with Crippen LogP contribution >= 0.6 is 28.3 Å². The molecule has 1 aliphatic rings.